The summed E-state index contributed by atoms with van der Waals surface area (Å²) in [4.78, 5) is 0. The molecule has 3 rings (SSSR count). The largest absolute Gasteiger partial charge is 0.458 e. The lowest BCUT2D eigenvalue weighted by atomic mass is 9.84. The van der Waals surface area contributed by atoms with E-state index < -0.39 is 15.9 Å². The third-order valence-corrected chi connectivity index (χ3v) is 6.09. The minimum Gasteiger partial charge on any atom is -0.458 e. The van der Waals surface area contributed by atoms with Crippen molar-refractivity contribution in [1.29, 1.82) is 0 Å². The molecule has 0 saturated heterocycles. The van der Waals surface area contributed by atoms with Gasteiger partial charge in [-0.2, -0.15) is 0 Å². The quantitative estimate of drug-likeness (QED) is 0.946. The van der Waals surface area contributed by atoms with Crippen LogP contribution in [0.1, 0.15) is 37.5 Å². The van der Waals surface area contributed by atoms with Crippen molar-refractivity contribution >= 4 is 20.8 Å². The number of rotatable bonds is 3. The number of para-hydroxylation sites is 1. The Morgan fingerprint density at radius 3 is 2.76 bits per heavy atom. The summed E-state index contributed by atoms with van der Waals surface area (Å²) >= 11 is 0. The summed E-state index contributed by atoms with van der Waals surface area (Å²) in [6, 6.07) is 9.47. The topological polar surface area (TPSA) is 67.5 Å². The van der Waals surface area contributed by atoms with E-state index in [9.17, 15) is 13.5 Å². The van der Waals surface area contributed by atoms with Crippen LogP contribution in [0.5, 0.6) is 0 Å². The molecule has 1 aliphatic carbocycles. The molecule has 0 aliphatic heterocycles. The Balaban J connectivity index is 1.82. The van der Waals surface area contributed by atoms with Crippen LogP contribution in [0.15, 0.2) is 34.7 Å². The summed E-state index contributed by atoms with van der Waals surface area (Å²) in [6.07, 6.45) is 3.43. The normalized spacial score (nSPS) is 25.0. The molecule has 1 N–H and O–H groups in total. The zero-order chi connectivity index (χ0) is 15.0. The lowest BCUT2D eigenvalue weighted by Crippen LogP contribution is -2.30. The number of hydrogen-bond acceptors (Lipinski definition) is 4. The van der Waals surface area contributed by atoms with E-state index in [1.165, 1.54) is 6.26 Å². The molecular weight excluding hydrogens is 288 g/mol. The molecule has 4 nitrogen and oxygen atoms in total. The van der Waals surface area contributed by atoms with Gasteiger partial charge in [-0.3, -0.25) is 0 Å². The Morgan fingerprint density at radius 2 is 2.05 bits per heavy atom. The van der Waals surface area contributed by atoms with E-state index in [0.29, 0.717) is 18.6 Å². The highest BCUT2D eigenvalue weighted by molar-refractivity contribution is 7.91. The highest BCUT2D eigenvalue weighted by Gasteiger charge is 2.34. The summed E-state index contributed by atoms with van der Waals surface area (Å²) in [6.45, 7) is 0. The van der Waals surface area contributed by atoms with Gasteiger partial charge in [0.05, 0.1) is 5.25 Å². The highest BCUT2D eigenvalue weighted by Crippen LogP contribution is 2.38. The summed E-state index contributed by atoms with van der Waals surface area (Å²) in [7, 11) is -3.04. The second kappa shape index (κ2) is 5.46. The minimum atomic E-state index is -3.04. The summed E-state index contributed by atoms with van der Waals surface area (Å²) in [5.74, 6) is 0.481. The standard InChI is InChI=1S/C16H20O4S/c1-21(18,19)13-7-4-6-12(9-13)16(17)15-10-11-5-2-3-8-14(11)20-15/h2-3,5,8,10,12-13,16-17H,4,6-7,9H2,1H3. The number of aliphatic hydroxyl groups is 1. The monoisotopic (exact) mass is 308 g/mol. The van der Waals surface area contributed by atoms with E-state index in [0.717, 1.165) is 23.8 Å². The first-order valence-corrected chi connectivity index (χ1v) is 9.26. The molecule has 1 fully saturated rings. The Labute approximate surface area is 124 Å². The van der Waals surface area contributed by atoms with E-state index in [4.69, 9.17) is 4.42 Å². The average molecular weight is 308 g/mol. The van der Waals surface area contributed by atoms with Crippen molar-refractivity contribution in [2.24, 2.45) is 5.92 Å². The fourth-order valence-corrected chi connectivity index (χ4v) is 4.43. The van der Waals surface area contributed by atoms with Gasteiger partial charge in [0.15, 0.2) is 0 Å². The molecular formula is C16H20O4S. The number of fused-ring (bicyclic) bond motifs is 1. The van der Waals surface area contributed by atoms with Crippen molar-refractivity contribution in [2.45, 2.75) is 37.0 Å². The molecule has 0 spiro atoms. The van der Waals surface area contributed by atoms with Crippen molar-refractivity contribution in [3.05, 3.63) is 36.1 Å². The smallest absolute Gasteiger partial charge is 0.150 e. The fourth-order valence-electron chi connectivity index (χ4n) is 3.24. The highest BCUT2D eigenvalue weighted by atomic mass is 32.2. The SMILES string of the molecule is CS(=O)(=O)C1CCCC(C(O)c2cc3ccccc3o2)C1. The van der Waals surface area contributed by atoms with E-state index >= 15 is 0 Å². The summed E-state index contributed by atoms with van der Waals surface area (Å²) in [5.41, 5.74) is 0.752. The van der Waals surface area contributed by atoms with Gasteiger partial charge in [-0.25, -0.2) is 8.42 Å². The number of aliphatic hydroxyl groups excluding tert-OH is 1. The van der Waals surface area contributed by atoms with Gasteiger partial charge in [-0.1, -0.05) is 24.6 Å². The van der Waals surface area contributed by atoms with E-state index in [1.54, 1.807) is 0 Å². The molecule has 114 valence electrons. The van der Waals surface area contributed by atoms with Gasteiger partial charge in [0.2, 0.25) is 0 Å². The molecule has 21 heavy (non-hydrogen) atoms. The molecule has 1 aliphatic rings. The second-order valence-corrected chi connectivity index (χ2v) is 8.34. The number of hydrogen-bond donors (Lipinski definition) is 1. The maximum Gasteiger partial charge on any atom is 0.150 e. The maximum atomic E-state index is 11.7. The van der Waals surface area contributed by atoms with Crippen LogP contribution in [0.4, 0.5) is 0 Å². The zero-order valence-corrected chi connectivity index (χ0v) is 12.8. The van der Waals surface area contributed by atoms with Crippen molar-refractivity contribution in [3.63, 3.8) is 0 Å². The molecule has 3 unspecified atom stereocenters. The Bertz CT molecular complexity index is 699. The molecule has 5 heteroatoms. The molecule has 2 aromatic rings. The van der Waals surface area contributed by atoms with Crippen LogP contribution in [-0.4, -0.2) is 25.0 Å². The average Bonchev–Trinajstić information content (AvgIpc) is 2.89. The third kappa shape index (κ3) is 2.99. The maximum absolute atomic E-state index is 11.7. The van der Waals surface area contributed by atoms with Crippen LogP contribution < -0.4 is 0 Å². The second-order valence-electron chi connectivity index (χ2n) is 6.01. The molecule has 1 heterocycles. The molecule has 0 amide bonds. The first-order chi connectivity index (χ1) is 9.95. The van der Waals surface area contributed by atoms with Crippen molar-refractivity contribution in [3.8, 4) is 0 Å². The van der Waals surface area contributed by atoms with Gasteiger partial charge in [0, 0.05) is 11.6 Å². The van der Waals surface area contributed by atoms with Gasteiger partial charge < -0.3 is 9.52 Å². The summed E-state index contributed by atoms with van der Waals surface area (Å²) < 4.78 is 29.2. The van der Waals surface area contributed by atoms with E-state index in [1.807, 2.05) is 30.3 Å². The summed E-state index contributed by atoms with van der Waals surface area (Å²) in [5, 5.41) is 11.2. The van der Waals surface area contributed by atoms with E-state index in [-0.39, 0.29) is 11.2 Å². The predicted octanol–water partition coefficient (Wildman–Crippen LogP) is 3.07. The molecule has 0 bridgehead atoms. The Kier molecular flexibility index (Phi) is 3.80. The third-order valence-electron chi connectivity index (χ3n) is 4.45. The first kappa shape index (κ1) is 14.6. The van der Waals surface area contributed by atoms with Crippen LogP contribution in [0, 0.1) is 5.92 Å². The molecule has 1 aromatic carbocycles. The molecule has 1 aromatic heterocycles. The van der Waals surface area contributed by atoms with Crippen molar-refractivity contribution in [1.82, 2.24) is 0 Å². The van der Waals surface area contributed by atoms with Gasteiger partial charge in [0.25, 0.3) is 0 Å². The van der Waals surface area contributed by atoms with Crippen LogP contribution in [0.25, 0.3) is 11.0 Å². The van der Waals surface area contributed by atoms with Crippen LogP contribution in [0.3, 0.4) is 0 Å². The van der Waals surface area contributed by atoms with E-state index in [2.05, 4.69) is 0 Å². The first-order valence-electron chi connectivity index (χ1n) is 7.30. The lowest BCUT2D eigenvalue weighted by Gasteiger charge is -2.30. The molecule has 1 saturated carbocycles. The van der Waals surface area contributed by atoms with Crippen molar-refractivity contribution < 1.29 is 17.9 Å². The van der Waals surface area contributed by atoms with Gasteiger partial charge in [-0.15, -0.1) is 0 Å². The Hall–Kier alpha value is -1.33. The number of sulfone groups is 1. The molecule has 3 atom stereocenters. The van der Waals surface area contributed by atoms with Gasteiger partial charge in [0.1, 0.15) is 27.3 Å². The zero-order valence-electron chi connectivity index (χ0n) is 12.0. The van der Waals surface area contributed by atoms with Crippen LogP contribution >= 0.6 is 0 Å². The predicted molar refractivity (Wildman–Crippen MR) is 81.8 cm³/mol. The van der Waals surface area contributed by atoms with Crippen molar-refractivity contribution in [2.75, 3.05) is 6.26 Å². The minimum absolute atomic E-state index is 0.0564. The van der Waals surface area contributed by atoms with Gasteiger partial charge in [-0.05, 0) is 37.3 Å². The van der Waals surface area contributed by atoms with Crippen LogP contribution in [-0.2, 0) is 9.84 Å². The lowest BCUT2D eigenvalue weighted by molar-refractivity contribution is 0.0676. The van der Waals surface area contributed by atoms with Crippen LogP contribution in [0.2, 0.25) is 0 Å². The molecule has 0 radical (unpaired) electrons. The van der Waals surface area contributed by atoms with Gasteiger partial charge >= 0.3 is 0 Å². The Morgan fingerprint density at radius 1 is 1.29 bits per heavy atom. The number of furan rings is 1. The fraction of sp³-hybridized carbons (Fsp3) is 0.500. The number of benzene rings is 1.